The van der Waals surface area contributed by atoms with Gasteiger partial charge in [-0.1, -0.05) is 35.9 Å². The number of nitrogens with two attached hydrogens (primary N) is 1. The van der Waals surface area contributed by atoms with Crippen LogP contribution in [0.4, 0.5) is 5.69 Å². The fourth-order valence-electron chi connectivity index (χ4n) is 2.11. The Morgan fingerprint density at radius 1 is 1.10 bits per heavy atom. The average Bonchev–Trinajstić information content (AvgIpc) is 2.42. The zero-order valence-electron chi connectivity index (χ0n) is 12.1. The van der Waals surface area contributed by atoms with Gasteiger partial charge in [0.15, 0.2) is 0 Å². The standard InChI is InChI=1S/C17H20N2O/c1-11-7-9-14(10-8-11)13(3)19-17(20)15-5-4-6-16(18)12(15)2/h4-10,13H,18H2,1-3H3,(H,19,20)/t13-/m0/s1. The van der Waals surface area contributed by atoms with Crippen molar-refractivity contribution in [3.63, 3.8) is 0 Å². The van der Waals surface area contributed by atoms with Gasteiger partial charge in [0.25, 0.3) is 5.91 Å². The number of hydrogen-bond acceptors (Lipinski definition) is 2. The maximum atomic E-state index is 12.3. The Morgan fingerprint density at radius 2 is 1.75 bits per heavy atom. The Kier molecular flexibility index (Phi) is 4.08. The lowest BCUT2D eigenvalue weighted by atomic mass is 10.0. The van der Waals surface area contributed by atoms with E-state index in [9.17, 15) is 4.79 Å². The zero-order valence-corrected chi connectivity index (χ0v) is 12.1. The molecule has 0 aromatic heterocycles. The van der Waals surface area contributed by atoms with E-state index in [4.69, 9.17) is 5.73 Å². The largest absolute Gasteiger partial charge is 0.398 e. The summed E-state index contributed by atoms with van der Waals surface area (Å²) in [7, 11) is 0. The van der Waals surface area contributed by atoms with Gasteiger partial charge < -0.3 is 11.1 Å². The summed E-state index contributed by atoms with van der Waals surface area (Å²) in [5, 5.41) is 3.01. The molecule has 0 saturated carbocycles. The second-order valence-corrected chi connectivity index (χ2v) is 5.13. The molecule has 1 amide bonds. The lowest BCUT2D eigenvalue weighted by Gasteiger charge is -2.16. The normalized spacial score (nSPS) is 11.9. The predicted octanol–water partition coefficient (Wildman–Crippen LogP) is 3.38. The molecule has 3 N–H and O–H groups in total. The van der Waals surface area contributed by atoms with Gasteiger partial charge in [0.1, 0.15) is 0 Å². The number of amides is 1. The van der Waals surface area contributed by atoms with Gasteiger partial charge in [-0.25, -0.2) is 0 Å². The molecule has 0 bridgehead atoms. The summed E-state index contributed by atoms with van der Waals surface area (Å²) < 4.78 is 0. The minimum absolute atomic E-state index is 0.0380. The van der Waals surface area contributed by atoms with Crippen molar-refractivity contribution in [2.24, 2.45) is 0 Å². The van der Waals surface area contributed by atoms with Crippen molar-refractivity contribution in [3.8, 4) is 0 Å². The van der Waals surface area contributed by atoms with Crippen LogP contribution >= 0.6 is 0 Å². The van der Waals surface area contributed by atoms with Crippen LogP contribution in [-0.2, 0) is 0 Å². The molecule has 2 aromatic carbocycles. The summed E-state index contributed by atoms with van der Waals surface area (Å²) in [4.78, 5) is 12.3. The first kappa shape index (κ1) is 14.1. The van der Waals surface area contributed by atoms with Gasteiger partial charge in [-0.15, -0.1) is 0 Å². The van der Waals surface area contributed by atoms with Crippen LogP contribution in [0.5, 0.6) is 0 Å². The first-order valence-corrected chi connectivity index (χ1v) is 6.71. The number of carbonyl (C=O) groups is 1. The quantitative estimate of drug-likeness (QED) is 0.838. The number of nitrogen functional groups attached to an aromatic ring is 1. The Bertz CT molecular complexity index is 617. The monoisotopic (exact) mass is 268 g/mol. The van der Waals surface area contributed by atoms with E-state index >= 15 is 0 Å². The van der Waals surface area contributed by atoms with E-state index in [0.717, 1.165) is 11.1 Å². The highest BCUT2D eigenvalue weighted by Crippen LogP contribution is 2.18. The first-order chi connectivity index (χ1) is 9.49. The molecular formula is C17H20N2O. The molecule has 0 unspecified atom stereocenters. The van der Waals surface area contributed by atoms with Crippen LogP contribution in [0.1, 0.15) is 40.0 Å². The topological polar surface area (TPSA) is 55.1 Å². The van der Waals surface area contributed by atoms with Crippen LogP contribution in [0.2, 0.25) is 0 Å². The number of rotatable bonds is 3. The number of aryl methyl sites for hydroxylation is 1. The molecule has 2 rings (SSSR count). The van der Waals surface area contributed by atoms with Crippen LogP contribution in [0, 0.1) is 13.8 Å². The Balaban J connectivity index is 2.15. The number of hydrogen-bond donors (Lipinski definition) is 2. The Hall–Kier alpha value is -2.29. The highest BCUT2D eigenvalue weighted by atomic mass is 16.1. The van der Waals surface area contributed by atoms with E-state index in [2.05, 4.69) is 5.32 Å². The summed E-state index contributed by atoms with van der Waals surface area (Å²) in [6.07, 6.45) is 0. The Labute approximate surface area is 119 Å². The minimum Gasteiger partial charge on any atom is -0.398 e. The summed E-state index contributed by atoms with van der Waals surface area (Å²) in [6, 6.07) is 13.5. The van der Waals surface area contributed by atoms with Crippen LogP contribution in [-0.4, -0.2) is 5.91 Å². The van der Waals surface area contributed by atoms with Crippen molar-refractivity contribution >= 4 is 11.6 Å². The first-order valence-electron chi connectivity index (χ1n) is 6.71. The average molecular weight is 268 g/mol. The molecule has 0 aliphatic carbocycles. The summed E-state index contributed by atoms with van der Waals surface area (Å²) in [6.45, 7) is 5.88. The van der Waals surface area contributed by atoms with E-state index in [1.165, 1.54) is 5.56 Å². The van der Waals surface area contributed by atoms with Crippen molar-refractivity contribution in [1.82, 2.24) is 5.32 Å². The van der Waals surface area contributed by atoms with E-state index in [0.29, 0.717) is 11.3 Å². The SMILES string of the molecule is Cc1ccc([C@H](C)NC(=O)c2cccc(N)c2C)cc1. The number of nitrogens with one attached hydrogen (secondary N) is 1. The Morgan fingerprint density at radius 3 is 2.40 bits per heavy atom. The molecule has 3 nitrogen and oxygen atoms in total. The van der Waals surface area contributed by atoms with Gasteiger partial charge in [-0.05, 0) is 44.0 Å². The van der Waals surface area contributed by atoms with E-state index in [-0.39, 0.29) is 11.9 Å². The molecule has 3 heteroatoms. The van der Waals surface area contributed by atoms with Crippen LogP contribution in [0.3, 0.4) is 0 Å². The van der Waals surface area contributed by atoms with Gasteiger partial charge in [-0.2, -0.15) is 0 Å². The van der Waals surface area contributed by atoms with E-state index < -0.39 is 0 Å². The smallest absolute Gasteiger partial charge is 0.252 e. The molecule has 1 atom stereocenters. The van der Waals surface area contributed by atoms with Crippen molar-refractivity contribution < 1.29 is 4.79 Å². The molecule has 0 aliphatic heterocycles. The third kappa shape index (κ3) is 2.99. The molecule has 2 aromatic rings. The number of benzene rings is 2. The fourth-order valence-corrected chi connectivity index (χ4v) is 2.11. The molecule has 0 radical (unpaired) electrons. The molecule has 20 heavy (non-hydrogen) atoms. The molecule has 104 valence electrons. The van der Waals surface area contributed by atoms with Crippen molar-refractivity contribution in [3.05, 3.63) is 64.7 Å². The molecule has 0 saturated heterocycles. The van der Waals surface area contributed by atoms with E-state index in [1.807, 2.05) is 45.0 Å². The molecular weight excluding hydrogens is 248 g/mol. The van der Waals surface area contributed by atoms with Crippen LogP contribution < -0.4 is 11.1 Å². The number of carbonyl (C=O) groups excluding carboxylic acids is 1. The fraction of sp³-hybridized carbons (Fsp3) is 0.235. The highest BCUT2D eigenvalue weighted by Gasteiger charge is 2.14. The lowest BCUT2D eigenvalue weighted by Crippen LogP contribution is -2.27. The van der Waals surface area contributed by atoms with Crippen LogP contribution in [0.25, 0.3) is 0 Å². The second-order valence-electron chi connectivity index (χ2n) is 5.13. The van der Waals surface area contributed by atoms with Crippen molar-refractivity contribution in [2.75, 3.05) is 5.73 Å². The maximum Gasteiger partial charge on any atom is 0.252 e. The van der Waals surface area contributed by atoms with Gasteiger partial charge in [0, 0.05) is 11.3 Å². The van der Waals surface area contributed by atoms with Gasteiger partial charge in [-0.3, -0.25) is 4.79 Å². The minimum atomic E-state index is -0.0946. The van der Waals surface area contributed by atoms with Gasteiger partial charge in [0.2, 0.25) is 0 Å². The highest BCUT2D eigenvalue weighted by molar-refractivity contribution is 5.97. The maximum absolute atomic E-state index is 12.3. The number of anilines is 1. The van der Waals surface area contributed by atoms with E-state index in [1.54, 1.807) is 18.2 Å². The predicted molar refractivity (Wildman–Crippen MR) is 82.7 cm³/mol. The summed E-state index contributed by atoms with van der Waals surface area (Å²) in [5.74, 6) is -0.0946. The molecule has 0 aliphatic rings. The molecule has 0 heterocycles. The van der Waals surface area contributed by atoms with Crippen molar-refractivity contribution in [1.29, 1.82) is 0 Å². The summed E-state index contributed by atoms with van der Waals surface area (Å²) >= 11 is 0. The van der Waals surface area contributed by atoms with Gasteiger partial charge in [0.05, 0.1) is 6.04 Å². The molecule has 0 spiro atoms. The van der Waals surface area contributed by atoms with Gasteiger partial charge >= 0.3 is 0 Å². The second kappa shape index (κ2) is 5.78. The zero-order chi connectivity index (χ0) is 14.7. The van der Waals surface area contributed by atoms with Crippen molar-refractivity contribution in [2.45, 2.75) is 26.8 Å². The third-order valence-corrected chi connectivity index (χ3v) is 3.55. The lowest BCUT2D eigenvalue weighted by molar-refractivity contribution is 0.0939. The van der Waals surface area contributed by atoms with Crippen LogP contribution in [0.15, 0.2) is 42.5 Å². The third-order valence-electron chi connectivity index (χ3n) is 3.55. The molecule has 0 fully saturated rings. The summed E-state index contributed by atoms with van der Waals surface area (Å²) in [5.41, 5.74) is 10.2.